The van der Waals surface area contributed by atoms with Gasteiger partial charge >= 0.3 is 5.69 Å². The van der Waals surface area contributed by atoms with E-state index in [2.05, 4.69) is 9.98 Å². The molecular weight excluding hydrogens is 386 g/mol. The molecule has 0 bridgehead atoms. The third-order valence-electron chi connectivity index (χ3n) is 4.88. The Hall–Kier alpha value is -4.07. The van der Waals surface area contributed by atoms with E-state index in [1.54, 1.807) is 24.4 Å². The smallest absolute Gasteiger partial charge is 0.331 e. The summed E-state index contributed by atoms with van der Waals surface area (Å²) in [7, 11) is 3.04. The van der Waals surface area contributed by atoms with Gasteiger partial charge in [-0.1, -0.05) is 18.2 Å². The third-order valence-corrected chi connectivity index (χ3v) is 4.88. The van der Waals surface area contributed by atoms with Gasteiger partial charge in [0.05, 0.1) is 26.5 Å². The van der Waals surface area contributed by atoms with Gasteiger partial charge in [-0.25, -0.2) is 4.79 Å². The van der Waals surface area contributed by atoms with Gasteiger partial charge in [0.1, 0.15) is 17.1 Å². The summed E-state index contributed by atoms with van der Waals surface area (Å²) in [5, 5.41) is 10.8. The van der Waals surface area contributed by atoms with Crippen LogP contribution in [0.15, 0.2) is 57.0 Å². The Balaban J connectivity index is 1.81. The molecule has 152 valence electrons. The summed E-state index contributed by atoms with van der Waals surface area (Å²) in [5.74, 6) is 0.646. The standard InChI is InChI=1S/C22H19N3O5/c1-29-15-7-8-19(30-2)14(9-15)12-25-21(27)17(20(26)24-22(25)28)10-13-11-23-18-6-4-3-5-16(13)18/h3-11,27H,12H2,1-2H3,(H,24,26,28)/b13-10-. The van der Waals surface area contributed by atoms with Crippen molar-refractivity contribution in [3.8, 4) is 17.4 Å². The molecule has 2 heterocycles. The van der Waals surface area contributed by atoms with E-state index in [1.807, 2.05) is 24.3 Å². The molecular formula is C22H19N3O5. The Morgan fingerprint density at radius 2 is 1.93 bits per heavy atom. The first-order valence-electron chi connectivity index (χ1n) is 9.14. The maximum absolute atomic E-state index is 12.4. The quantitative estimate of drug-likeness (QED) is 0.679. The van der Waals surface area contributed by atoms with Crippen LogP contribution in [0.25, 0.3) is 11.6 Å². The molecule has 30 heavy (non-hydrogen) atoms. The number of rotatable bonds is 5. The van der Waals surface area contributed by atoms with Crippen LogP contribution in [0.3, 0.4) is 0 Å². The second-order valence-electron chi connectivity index (χ2n) is 6.64. The van der Waals surface area contributed by atoms with Crippen molar-refractivity contribution in [1.29, 1.82) is 0 Å². The number of aromatic amines is 1. The zero-order valence-electron chi connectivity index (χ0n) is 16.4. The molecule has 0 atom stereocenters. The molecule has 0 radical (unpaired) electrons. The lowest BCUT2D eigenvalue weighted by molar-refractivity contribution is 0.387. The van der Waals surface area contributed by atoms with Crippen LogP contribution in [0.2, 0.25) is 0 Å². The zero-order chi connectivity index (χ0) is 21.3. The van der Waals surface area contributed by atoms with Crippen LogP contribution in [-0.2, 0) is 6.54 Å². The molecule has 1 aromatic heterocycles. The van der Waals surface area contributed by atoms with Crippen LogP contribution >= 0.6 is 0 Å². The molecule has 0 saturated heterocycles. The van der Waals surface area contributed by atoms with E-state index in [4.69, 9.17) is 9.47 Å². The van der Waals surface area contributed by atoms with Crippen molar-refractivity contribution >= 4 is 23.6 Å². The monoisotopic (exact) mass is 405 g/mol. The summed E-state index contributed by atoms with van der Waals surface area (Å²) in [6.45, 7) is -0.0251. The predicted molar refractivity (Wildman–Crippen MR) is 114 cm³/mol. The minimum Gasteiger partial charge on any atom is -0.497 e. The van der Waals surface area contributed by atoms with Gasteiger partial charge in [-0.05, 0) is 30.3 Å². The fourth-order valence-electron chi connectivity index (χ4n) is 3.34. The van der Waals surface area contributed by atoms with Gasteiger partial charge < -0.3 is 14.6 Å². The summed E-state index contributed by atoms with van der Waals surface area (Å²) in [5.41, 5.74) is 1.43. The van der Waals surface area contributed by atoms with Crippen molar-refractivity contribution < 1.29 is 14.6 Å². The second kappa shape index (κ2) is 7.75. The summed E-state index contributed by atoms with van der Waals surface area (Å²) >= 11 is 0. The molecule has 1 aliphatic heterocycles. The summed E-state index contributed by atoms with van der Waals surface area (Å²) in [6, 6.07) is 12.6. The molecule has 1 aliphatic rings. The molecule has 0 fully saturated rings. The Bertz CT molecular complexity index is 1300. The SMILES string of the molecule is COc1ccc(OC)c(Cn2c(O)c(/C=C3/C=Nc4ccccc43)c(=O)[nH]c2=O)c1. The number of fused-ring (bicyclic) bond motifs is 1. The fraction of sp³-hybridized carbons (Fsp3) is 0.136. The Labute approximate surface area is 171 Å². The minimum atomic E-state index is -0.731. The van der Waals surface area contributed by atoms with Crippen LogP contribution in [-0.4, -0.2) is 35.1 Å². The van der Waals surface area contributed by atoms with E-state index in [9.17, 15) is 14.7 Å². The lowest BCUT2D eigenvalue weighted by Gasteiger charge is -2.14. The van der Waals surface area contributed by atoms with E-state index in [0.29, 0.717) is 22.6 Å². The van der Waals surface area contributed by atoms with Gasteiger partial charge in [0.25, 0.3) is 5.56 Å². The number of nitrogens with zero attached hydrogens (tertiary/aromatic N) is 2. The number of H-pyrrole nitrogens is 1. The molecule has 0 spiro atoms. The molecule has 8 nitrogen and oxygen atoms in total. The van der Waals surface area contributed by atoms with Crippen LogP contribution < -0.4 is 20.7 Å². The molecule has 0 saturated carbocycles. The highest BCUT2D eigenvalue weighted by atomic mass is 16.5. The number of hydrogen-bond acceptors (Lipinski definition) is 6. The lowest BCUT2D eigenvalue weighted by atomic mass is 10.1. The predicted octanol–water partition coefficient (Wildman–Crippen LogP) is 2.56. The highest BCUT2D eigenvalue weighted by molar-refractivity contribution is 6.21. The van der Waals surface area contributed by atoms with Crippen molar-refractivity contribution in [2.75, 3.05) is 14.2 Å². The number of aromatic hydroxyl groups is 1. The average molecular weight is 405 g/mol. The number of methoxy groups -OCH3 is 2. The van der Waals surface area contributed by atoms with Crippen molar-refractivity contribution in [2.45, 2.75) is 6.54 Å². The molecule has 2 aromatic carbocycles. The Morgan fingerprint density at radius 1 is 1.13 bits per heavy atom. The first kappa shape index (κ1) is 19.3. The fourth-order valence-corrected chi connectivity index (χ4v) is 3.34. The van der Waals surface area contributed by atoms with Gasteiger partial charge in [0.2, 0.25) is 5.88 Å². The third kappa shape index (κ3) is 3.39. The van der Waals surface area contributed by atoms with Crippen molar-refractivity contribution in [2.24, 2.45) is 4.99 Å². The van der Waals surface area contributed by atoms with E-state index >= 15 is 0 Å². The number of hydrogen-bond donors (Lipinski definition) is 2. The molecule has 0 amide bonds. The highest BCUT2D eigenvalue weighted by Gasteiger charge is 2.18. The maximum atomic E-state index is 12.4. The maximum Gasteiger partial charge on any atom is 0.331 e. The number of benzene rings is 2. The molecule has 2 N–H and O–H groups in total. The minimum absolute atomic E-state index is 0.0251. The summed E-state index contributed by atoms with van der Waals surface area (Å²) < 4.78 is 11.6. The van der Waals surface area contributed by atoms with Crippen molar-refractivity contribution in [1.82, 2.24) is 9.55 Å². The number of allylic oxidation sites excluding steroid dienone is 1. The molecule has 0 unspecified atom stereocenters. The Kier molecular flexibility index (Phi) is 4.97. The van der Waals surface area contributed by atoms with Crippen LogP contribution in [0.1, 0.15) is 16.7 Å². The van der Waals surface area contributed by atoms with Crippen LogP contribution in [0.4, 0.5) is 5.69 Å². The molecule has 0 aliphatic carbocycles. The van der Waals surface area contributed by atoms with Crippen molar-refractivity contribution in [3.63, 3.8) is 0 Å². The average Bonchev–Trinajstić information content (AvgIpc) is 3.17. The van der Waals surface area contributed by atoms with Crippen LogP contribution in [0, 0.1) is 0 Å². The van der Waals surface area contributed by atoms with E-state index < -0.39 is 17.1 Å². The number of aliphatic imine (C=N–C) groups is 1. The number of nitrogens with one attached hydrogen (secondary N) is 1. The zero-order valence-corrected chi connectivity index (χ0v) is 16.4. The molecule has 3 aromatic rings. The Morgan fingerprint density at radius 3 is 2.70 bits per heavy atom. The topological polar surface area (TPSA) is 106 Å². The molecule has 4 rings (SSSR count). The first-order valence-corrected chi connectivity index (χ1v) is 9.14. The first-order chi connectivity index (χ1) is 14.5. The van der Waals surface area contributed by atoms with E-state index in [0.717, 1.165) is 15.8 Å². The number of aromatic nitrogens is 2. The normalized spacial score (nSPS) is 13.5. The largest absolute Gasteiger partial charge is 0.497 e. The summed E-state index contributed by atoms with van der Waals surface area (Å²) in [4.78, 5) is 31.4. The van der Waals surface area contributed by atoms with Gasteiger partial charge in [0, 0.05) is 22.9 Å². The van der Waals surface area contributed by atoms with Gasteiger partial charge in [-0.15, -0.1) is 0 Å². The van der Waals surface area contributed by atoms with E-state index in [1.165, 1.54) is 20.3 Å². The number of para-hydroxylation sites is 1. The molecule has 8 heteroatoms. The van der Waals surface area contributed by atoms with Crippen LogP contribution in [0.5, 0.6) is 17.4 Å². The van der Waals surface area contributed by atoms with E-state index in [-0.39, 0.29) is 12.1 Å². The second-order valence-corrected chi connectivity index (χ2v) is 6.64. The van der Waals surface area contributed by atoms with Gasteiger partial charge in [-0.2, -0.15) is 0 Å². The van der Waals surface area contributed by atoms with Gasteiger partial charge in [0.15, 0.2) is 0 Å². The highest BCUT2D eigenvalue weighted by Crippen LogP contribution is 2.33. The lowest BCUT2D eigenvalue weighted by Crippen LogP contribution is -2.31. The van der Waals surface area contributed by atoms with Crippen molar-refractivity contribution in [3.05, 3.63) is 80.0 Å². The number of ether oxygens (including phenoxy) is 2. The van der Waals surface area contributed by atoms with Gasteiger partial charge in [-0.3, -0.25) is 19.3 Å². The summed E-state index contributed by atoms with van der Waals surface area (Å²) in [6.07, 6.45) is 3.13.